The van der Waals surface area contributed by atoms with Gasteiger partial charge >= 0.3 is 0 Å². The first-order chi connectivity index (χ1) is 6.11. The summed E-state index contributed by atoms with van der Waals surface area (Å²) in [7, 11) is 0. The summed E-state index contributed by atoms with van der Waals surface area (Å²) in [5.74, 6) is 0.105. The van der Waals surface area contributed by atoms with Crippen LogP contribution in [0.15, 0.2) is 12.7 Å². The van der Waals surface area contributed by atoms with E-state index < -0.39 is 4.45 Å². The molecule has 0 aromatic heterocycles. The van der Waals surface area contributed by atoms with Crippen molar-refractivity contribution in [3.05, 3.63) is 22.8 Å². The molecule has 1 saturated carbocycles. The maximum Gasteiger partial charge on any atom is 0.277 e. The predicted octanol–water partition coefficient (Wildman–Crippen LogP) is 3.12. The number of allylic oxidation sites excluding steroid dienone is 1. The average Bonchev–Trinajstić information content (AvgIpc) is 2.09. The zero-order chi connectivity index (χ0) is 9.90. The topological polar surface area (TPSA) is 43.1 Å². The van der Waals surface area contributed by atoms with E-state index in [1.807, 2.05) is 0 Å². The summed E-state index contributed by atoms with van der Waals surface area (Å²) >= 11 is 3.28. The molecule has 1 aliphatic rings. The molecule has 1 aliphatic carbocycles. The molecule has 0 aromatic rings. The van der Waals surface area contributed by atoms with Gasteiger partial charge in [-0.05, 0) is 19.3 Å². The molecule has 1 rings (SSSR count). The lowest BCUT2D eigenvalue weighted by molar-refractivity contribution is -0.549. The zero-order valence-corrected chi connectivity index (χ0v) is 9.13. The fourth-order valence-electron chi connectivity index (χ4n) is 1.93. The molecule has 0 aliphatic heterocycles. The molecule has 13 heavy (non-hydrogen) atoms. The third-order valence-electron chi connectivity index (χ3n) is 2.71. The molecule has 0 radical (unpaired) electrons. The van der Waals surface area contributed by atoms with E-state index in [-0.39, 0.29) is 10.8 Å². The van der Waals surface area contributed by atoms with Crippen LogP contribution in [0.3, 0.4) is 0 Å². The highest BCUT2D eigenvalue weighted by molar-refractivity contribution is 9.10. The van der Waals surface area contributed by atoms with Gasteiger partial charge in [-0.15, -0.1) is 6.58 Å². The summed E-state index contributed by atoms with van der Waals surface area (Å²) in [5.41, 5.74) is 0. The minimum atomic E-state index is -0.889. The number of halogens is 1. The van der Waals surface area contributed by atoms with Gasteiger partial charge in [0.25, 0.3) is 4.45 Å². The van der Waals surface area contributed by atoms with Crippen LogP contribution < -0.4 is 0 Å². The number of hydrogen-bond acceptors (Lipinski definition) is 2. The van der Waals surface area contributed by atoms with Crippen LogP contribution in [0.4, 0.5) is 0 Å². The van der Waals surface area contributed by atoms with Crippen molar-refractivity contribution in [1.29, 1.82) is 0 Å². The summed E-state index contributed by atoms with van der Waals surface area (Å²) in [6, 6.07) is 0. The van der Waals surface area contributed by atoms with Crippen LogP contribution in [-0.2, 0) is 0 Å². The van der Waals surface area contributed by atoms with E-state index in [0.717, 1.165) is 25.7 Å². The summed E-state index contributed by atoms with van der Waals surface area (Å²) in [4.78, 5) is 10.7. The van der Waals surface area contributed by atoms with Gasteiger partial charge in [0, 0.05) is 33.2 Å². The van der Waals surface area contributed by atoms with E-state index in [0.29, 0.717) is 6.42 Å². The molecular formula is C9H14BrNO2. The van der Waals surface area contributed by atoms with Crippen molar-refractivity contribution >= 4 is 15.9 Å². The van der Waals surface area contributed by atoms with Gasteiger partial charge in [-0.25, -0.2) is 0 Å². The highest BCUT2D eigenvalue weighted by Gasteiger charge is 2.48. The van der Waals surface area contributed by atoms with Gasteiger partial charge in [0.05, 0.1) is 0 Å². The maximum atomic E-state index is 10.9. The highest BCUT2D eigenvalue weighted by Crippen LogP contribution is 2.42. The van der Waals surface area contributed by atoms with E-state index >= 15 is 0 Å². The second kappa shape index (κ2) is 4.22. The van der Waals surface area contributed by atoms with Gasteiger partial charge in [0.1, 0.15) is 0 Å². The summed E-state index contributed by atoms with van der Waals surface area (Å²) < 4.78 is -0.889. The third-order valence-corrected chi connectivity index (χ3v) is 4.04. The molecule has 0 amide bonds. The second-order valence-corrected chi connectivity index (χ2v) is 4.92. The fourth-order valence-corrected chi connectivity index (χ4v) is 2.63. The Labute approximate surface area is 86.5 Å². The van der Waals surface area contributed by atoms with E-state index in [1.54, 1.807) is 6.08 Å². The first-order valence-electron chi connectivity index (χ1n) is 4.55. The number of nitrogens with zero attached hydrogens (tertiary/aromatic N) is 1. The largest absolute Gasteiger partial charge is 0.277 e. The average molecular weight is 248 g/mol. The molecule has 74 valence electrons. The Hall–Kier alpha value is -0.380. The van der Waals surface area contributed by atoms with Crippen molar-refractivity contribution < 1.29 is 4.92 Å². The van der Waals surface area contributed by atoms with Gasteiger partial charge in [-0.1, -0.05) is 12.5 Å². The Kier molecular flexibility index (Phi) is 3.47. The zero-order valence-electron chi connectivity index (χ0n) is 7.54. The van der Waals surface area contributed by atoms with Crippen LogP contribution in [-0.4, -0.2) is 9.37 Å². The molecule has 2 unspecified atom stereocenters. The Morgan fingerprint density at radius 2 is 2.38 bits per heavy atom. The molecule has 0 N–H and O–H groups in total. The first kappa shape index (κ1) is 10.7. The van der Waals surface area contributed by atoms with Crippen molar-refractivity contribution in [1.82, 2.24) is 0 Å². The van der Waals surface area contributed by atoms with Gasteiger partial charge in [-0.2, -0.15) is 0 Å². The molecule has 2 atom stereocenters. The van der Waals surface area contributed by atoms with Crippen LogP contribution in [0.25, 0.3) is 0 Å². The Bertz CT molecular complexity index is 220. The van der Waals surface area contributed by atoms with E-state index in [9.17, 15) is 10.1 Å². The normalized spacial score (nSPS) is 34.1. The maximum absolute atomic E-state index is 10.9. The lowest BCUT2D eigenvalue weighted by Gasteiger charge is -2.31. The predicted molar refractivity (Wildman–Crippen MR) is 55.4 cm³/mol. The highest BCUT2D eigenvalue weighted by atomic mass is 79.9. The van der Waals surface area contributed by atoms with Crippen LogP contribution in [0.1, 0.15) is 32.1 Å². The molecule has 0 saturated heterocycles. The van der Waals surface area contributed by atoms with Gasteiger partial charge in [0.15, 0.2) is 0 Å². The molecule has 1 fully saturated rings. The van der Waals surface area contributed by atoms with Crippen molar-refractivity contribution in [3.63, 3.8) is 0 Å². The first-order valence-corrected chi connectivity index (χ1v) is 5.35. The standard InChI is InChI=1S/C9H14BrNO2/c1-2-5-8-6-3-4-7-9(8,10)11(12)13/h2,8H,1,3-7H2. The Morgan fingerprint density at radius 1 is 1.69 bits per heavy atom. The lowest BCUT2D eigenvalue weighted by Crippen LogP contribution is -2.41. The van der Waals surface area contributed by atoms with Crippen molar-refractivity contribution in [2.75, 3.05) is 0 Å². The number of nitro groups is 1. The van der Waals surface area contributed by atoms with E-state index in [4.69, 9.17) is 0 Å². The number of alkyl halides is 1. The summed E-state index contributed by atoms with van der Waals surface area (Å²) in [6.07, 6.45) is 6.11. The van der Waals surface area contributed by atoms with Crippen LogP contribution in [0.5, 0.6) is 0 Å². The molecule has 0 spiro atoms. The van der Waals surface area contributed by atoms with Gasteiger partial charge in [0.2, 0.25) is 0 Å². The summed E-state index contributed by atoms with van der Waals surface area (Å²) in [5, 5.41) is 10.9. The van der Waals surface area contributed by atoms with E-state index in [2.05, 4.69) is 22.5 Å². The molecule has 0 aromatic carbocycles. The Balaban J connectivity index is 2.76. The van der Waals surface area contributed by atoms with Crippen LogP contribution in [0, 0.1) is 16.0 Å². The molecular weight excluding hydrogens is 234 g/mol. The minimum absolute atomic E-state index is 0.105. The minimum Gasteiger partial charge on any atom is -0.263 e. The van der Waals surface area contributed by atoms with Crippen molar-refractivity contribution in [2.45, 2.75) is 36.6 Å². The molecule has 3 nitrogen and oxygen atoms in total. The summed E-state index contributed by atoms with van der Waals surface area (Å²) in [6.45, 7) is 3.64. The number of rotatable bonds is 3. The van der Waals surface area contributed by atoms with Crippen LogP contribution >= 0.6 is 15.9 Å². The molecule has 0 bridgehead atoms. The molecule has 4 heteroatoms. The number of hydrogen-bond donors (Lipinski definition) is 0. The smallest absolute Gasteiger partial charge is 0.263 e. The van der Waals surface area contributed by atoms with Gasteiger partial charge < -0.3 is 0 Å². The Morgan fingerprint density at radius 3 is 2.92 bits per heavy atom. The van der Waals surface area contributed by atoms with E-state index in [1.165, 1.54) is 0 Å². The lowest BCUT2D eigenvalue weighted by atomic mass is 9.82. The van der Waals surface area contributed by atoms with Crippen LogP contribution in [0.2, 0.25) is 0 Å². The quantitative estimate of drug-likeness (QED) is 0.253. The fraction of sp³-hybridized carbons (Fsp3) is 0.778. The monoisotopic (exact) mass is 247 g/mol. The van der Waals surface area contributed by atoms with Crippen molar-refractivity contribution in [2.24, 2.45) is 5.92 Å². The SMILES string of the molecule is C=CCC1CCCCC1(Br)[N+](=O)[O-]. The molecule has 0 heterocycles. The third kappa shape index (κ3) is 2.10. The second-order valence-electron chi connectivity index (χ2n) is 3.54. The van der Waals surface area contributed by atoms with Gasteiger partial charge in [-0.3, -0.25) is 10.1 Å². The van der Waals surface area contributed by atoms with Crippen molar-refractivity contribution in [3.8, 4) is 0 Å².